The Morgan fingerprint density at radius 1 is 1.03 bits per heavy atom. The monoisotopic (exact) mass is 447 g/mol. The van der Waals surface area contributed by atoms with Crippen molar-refractivity contribution in [2.24, 2.45) is 10.9 Å². The molecule has 1 N–H and O–H groups in total. The van der Waals surface area contributed by atoms with E-state index in [1.807, 2.05) is 15.9 Å². The molecule has 1 fully saturated rings. The third-order valence-corrected chi connectivity index (χ3v) is 7.17. The number of benzene rings is 2. The highest BCUT2D eigenvalue weighted by atomic mass is 16.5. The van der Waals surface area contributed by atoms with Gasteiger partial charge in [-0.15, -0.1) is 0 Å². The van der Waals surface area contributed by atoms with Crippen LogP contribution in [0.4, 0.5) is 10.5 Å². The van der Waals surface area contributed by atoms with Crippen LogP contribution < -0.4 is 4.74 Å². The molecule has 6 nitrogen and oxygen atoms in total. The van der Waals surface area contributed by atoms with Crippen LogP contribution in [0, 0.1) is 5.92 Å². The van der Waals surface area contributed by atoms with E-state index in [-0.39, 0.29) is 12.6 Å². The number of carbonyl (C=O) groups is 1. The molecule has 0 saturated carbocycles. The number of hydrogen-bond donors (Lipinski definition) is 1. The zero-order valence-corrected chi connectivity index (χ0v) is 19.4. The second-order valence-electron chi connectivity index (χ2n) is 9.53. The molecule has 0 radical (unpaired) electrons. The predicted octanol–water partition coefficient (Wildman–Crippen LogP) is 4.80. The van der Waals surface area contributed by atoms with Crippen molar-refractivity contribution >= 4 is 17.4 Å². The van der Waals surface area contributed by atoms with Crippen LogP contribution in [0.25, 0.3) is 11.1 Å². The molecule has 0 atom stereocenters. The number of fused-ring (bicyclic) bond motifs is 2. The lowest BCUT2D eigenvalue weighted by atomic mass is 9.98. The zero-order chi connectivity index (χ0) is 22.8. The topological polar surface area (TPSA) is 65.4 Å². The second kappa shape index (κ2) is 9.56. The molecule has 2 amide bonds. The molecular weight excluding hydrogens is 414 g/mol. The molecule has 5 rings (SSSR count). The summed E-state index contributed by atoms with van der Waals surface area (Å²) in [5, 5.41) is 9.39. The first-order valence-electron chi connectivity index (χ1n) is 12.2. The summed E-state index contributed by atoms with van der Waals surface area (Å²) >= 11 is 0. The van der Waals surface area contributed by atoms with Gasteiger partial charge in [0.05, 0.1) is 18.8 Å². The Morgan fingerprint density at radius 3 is 2.64 bits per heavy atom. The van der Waals surface area contributed by atoms with Crippen LogP contribution in [-0.4, -0.2) is 59.5 Å². The van der Waals surface area contributed by atoms with E-state index in [2.05, 4.69) is 37.3 Å². The maximum atomic E-state index is 13.2. The Balaban J connectivity index is 1.37. The van der Waals surface area contributed by atoms with Gasteiger partial charge in [0.15, 0.2) is 0 Å². The number of nitrogens with zero attached hydrogens (tertiary/aromatic N) is 3. The Bertz CT molecular complexity index is 1060. The first-order chi connectivity index (χ1) is 16.1. The van der Waals surface area contributed by atoms with Crippen molar-refractivity contribution in [2.75, 3.05) is 32.8 Å². The van der Waals surface area contributed by atoms with Gasteiger partial charge in [-0.1, -0.05) is 18.2 Å². The number of carbonyl (C=O) groups excluding carboxylic acids is 1. The average Bonchev–Trinajstić information content (AvgIpc) is 3.17. The minimum Gasteiger partial charge on any atom is -0.491 e. The molecule has 174 valence electrons. The number of rotatable bonds is 2. The van der Waals surface area contributed by atoms with Gasteiger partial charge in [0.25, 0.3) is 0 Å². The van der Waals surface area contributed by atoms with E-state index in [0.29, 0.717) is 38.7 Å². The number of piperidine rings is 1. The maximum absolute atomic E-state index is 13.2. The van der Waals surface area contributed by atoms with E-state index < -0.39 is 0 Å². The van der Waals surface area contributed by atoms with Crippen LogP contribution in [0.2, 0.25) is 0 Å². The van der Waals surface area contributed by atoms with E-state index in [0.717, 1.165) is 60.2 Å². The van der Waals surface area contributed by atoms with Crippen LogP contribution in [0.5, 0.6) is 5.75 Å². The highest BCUT2D eigenvalue weighted by molar-refractivity contribution is 5.86. The molecule has 1 saturated heterocycles. The molecule has 6 heteroatoms. The quantitative estimate of drug-likeness (QED) is 0.719. The molecule has 3 aliphatic heterocycles. The second-order valence-corrected chi connectivity index (χ2v) is 9.53. The van der Waals surface area contributed by atoms with Crippen molar-refractivity contribution in [1.82, 2.24) is 9.80 Å². The van der Waals surface area contributed by atoms with Crippen molar-refractivity contribution in [3.63, 3.8) is 0 Å². The normalized spacial score (nSPS) is 19.0. The lowest BCUT2D eigenvalue weighted by Gasteiger charge is -2.34. The predicted molar refractivity (Wildman–Crippen MR) is 130 cm³/mol. The van der Waals surface area contributed by atoms with Crippen molar-refractivity contribution in [1.29, 1.82) is 0 Å². The van der Waals surface area contributed by atoms with Crippen molar-refractivity contribution in [3.8, 4) is 16.9 Å². The van der Waals surface area contributed by atoms with Gasteiger partial charge >= 0.3 is 6.03 Å². The summed E-state index contributed by atoms with van der Waals surface area (Å²) in [5.41, 5.74) is 6.89. The van der Waals surface area contributed by atoms with Gasteiger partial charge in [0.2, 0.25) is 0 Å². The van der Waals surface area contributed by atoms with Gasteiger partial charge in [0, 0.05) is 31.0 Å². The lowest BCUT2D eigenvalue weighted by Crippen LogP contribution is -2.47. The summed E-state index contributed by atoms with van der Waals surface area (Å²) in [6.45, 7) is 5.37. The first-order valence-corrected chi connectivity index (χ1v) is 12.2. The Kier molecular flexibility index (Phi) is 6.36. The summed E-state index contributed by atoms with van der Waals surface area (Å²) in [4.78, 5) is 21.9. The molecule has 33 heavy (non-hydrogen) atoms. The van der Waals surface area contributed by atoms with Crippen molar-refractivity contribution in [2.45, 2.75) is 45.6 Å². The third kappa shape index (κ3) is 4.76. The number of amides is 2. The highest BCUT2D eigenvalue weighted by Gasteiger charge is 2.28. The molecule has 0 unspecified atom stereocenters. The lowest BCUT2D eigenvalue weighted by molar-refractivity contribution is 0.110. The smallest absolute Gasteiger partial charge is 0.320 e. The van der Waals surface area contributed by atoms with E-state index in [9.17, 15) is 9.90 Å². The van der Waals surface area contributed by atoms with Crippen LogP contribution in [-0.2, 0) is 13.0 Å². The Labute approximate surface area is 195 Å². The molecular formula is C27H33N3O3. The fourth-order valence-electron chi connectivity index (χ4n) is 5.10. The van der Waals surface area contributed by atoms with Crippen LogP contribution in [0.3, 0.4) is 0 Å². The first kappa shape index (κ1) is 22.0. The number of aryl methyl sites for hydroxylation is 1. The summed E-state index contributed by atoms with van der Waals surface area (Å²) in [6.07, 6.45) is 5.02. The van der Waals surface area contributed by atoms with Crippen molar-refractivity contribution < 1.29 is 14.6 Å². The van der Waals surface area contributed by atoms with E-state index >= 15 is 0 Å². The summed E-state index contributed by atoms with van der Waals surface area (Å²) < 4.78 is 6.00. The summed E-state index contributed by atoms with van der Waals surface area (Å²) in [7, 11) is 0. The standard InChI is InChI=1S/C27H33N3O3/c1-19-3-2-4-21-5-6-23(16-25(21)28-19)22-7-8-26-24(15-22)17-30(13-14-33-26)27(32)29-11-9-20(18-31)10-12-29/h5-8,15-16,20,31H,2-4,9-14,17-18H2,1H3. The number of aliphatic hydroxyl groups is 1. The van der Waals surface area contributed by atoms with Crippen molar-refractivity contribution in [3.05, 3.63) is 47.5 Å². The third-order valence-electron chi connectivity index (χ3n) is 7.17. The van der Waals surface area contributed by atoms with Gasteiger partial charge in [-0.2, -0.15) is 0 Å². The number of aliphatic hydroxyl groups excluding tert-OH is 1. The molecule has 3 aliphatic rings. The maximum Gasteiger partial charge on any atom is 0.320 e. The largest absolute Gasteiger partial charge is 0.491 e. The number of hydrogen-bond acceptors (Lipinski definition) is 4. The van der Waals surface area contributed by atoms with Gasteiger partial charge in [-0.3, -0.25) is 4.99 Å². The van der Waals surface area contributed by atoms with Crippen LogP contribution >= 0.6 is 0 Å². The van der Waals surface area contributed by atoms with Crippen LogP contribution in [0.15, 0.2) is 41.4 Å². The number of ether oxygens (including phenoxy) is 1. The number of urea groups is 1. The average molecular weight is 448 g/mol. The van der Waals surface area contributed by atoms with E-state index in [1.165, 1.54) is 11.3 Å². The fourth-order valence-corrected chi connectivity index (χ4v) is 5.10. The van der Waals surface area contributed by atoms with E-state index in [4.69, 9.17) is 9.73 Å². The molecule has 3 heterocycles. The molecule has 0 spiro atoms. The summed E-state index contributed by atoms with van der Waals surface area (Å²) in [6, 6.07) is 13.0. The molecule has 2 aromatic carbocycles. The van der Waals surface area contributed by atoms with Gasteiger partial charge in [0.1, 0.15) is 12.4 Å². The Hall–Kier alpha value is -2.86. The zero-order valence-electron chi connectivity index (χ0n) is 19.4. The SMILES string of the molecule is CC1=Nc2cc(-c3ccc4c(c3)CN(C(=O)N3CCC(CO)CC3)CCO4)ccc2CCC1. The van der Waals surface area contributed by atoms with Gasteiger partial charge < -0.3 is 19.6 Å². The Morgan fingerprint density at radius 2 is 1.82 bits per heavy atom. The van der Waals surface area contributed by atoms with Crippen LogP contribution in [0.1, 0.15) is 43.7 Å². The minimum absolute atomic E-state index is 0.0723. The van der Waals surface area contributed by atoms with Gasteiger partial charge in [-0.25, -0.2) is 4.79 Å². The van der Waals surface area contributed by atoms with E-state index in [1.54, 1.807) is 0 Å². The van der Waals surface area contributed by atoms with Gasteiger partial charge in [-0.05, 0) is 79.8 Å². The molecule has 0 aliphatic carbocycles. The highest BCUT2D eigenvalue weighted by Crippen LogP contribution is 2.34. The summed E-state index contributed by atoms with van der Waals surface area (Å²) in [5.74, 6) is 1.18. The fraction of sp³-hybridized carbons (Fsp3) is 0.481. The minimum atomic E-state index is 0.0723. The molecule has 2 aromatic rings. The molecule has 0 bridgehead atoms. The molecule has 0 aromatic heterocycles. The number of likely N-dealkylation sites (tertiary alicyclic amines) is 1. The number of aliphatic imine (C=N–C) groups is 1.